The van der Waals surface area contributed by atoms with Gasteiger partial charge in [0.25, 0.3) is 0 Å². The van der Waals surface area contributed by atoms with Crippen LogP contribution in [-0.2, 0) is 6.42 Å². The van der Waals surface area contributed by atoms with E-state index in [0.29, 0.717) is 0 Å². The Balaban J connectivity index is 1.35. The molecule has 4 heteroatoms. The summed E-state index contributed by atoms with van der Waals surface area (Å²) in [6.07, 6.45) is 6.14. The molecule has 2 aromatic carbocycles. The summed E-state index contributed by atoms with van der Waals surface area (Å²) in [5, 5.41) is 1.19. The molecule has 4 nitrogen and oxygen atoms in total. The second-order valence-corrected chi connectivity index (χ2v) is 8.18. The zero-order valence-electron chi connectivity index (χ0n) is 16.4. The third-order valence-electron chi connectivity index (χ3n) is 6.24. The van der Waals surface area contributed by atoms with E-state index in [1.807, 2.05) is 0 Å². The first-order chi connectivity index (χ1) is 13.9. The lowest BCUT2D eigenvalue weighted by Crippen LogP contribution is -2.36. The minimum Gasteiger partial charge on any atom is -0.356 e. The average Bonchev–Trinajstić information content (AvgIpc) is 3.29. The van der Waals surface area contributed by atoms with E-state index in [4.69, 9.17) is 9.97 Å². The Morgan fingerprint density at radius 1 is 0.750 bits per heavy atom. The number of hydrogen-bond donors (Lipinski definition) is 0. The number of aromatic nitrogens is 2. The van der Waals surface area contributed by atoms with Crippen LogP contribution in [0.1, 0.15) is 31.2 Å². The van der Waals surface area contributed by atoms with E-state index in [1.54, 1.807) is 0 Å². The predicted octanol–water partition coefficient (Wildman–Crippen LogP) is 4.69. The van der Waals surface area contributed by atoms with Crippen molar-refractivity contribution in [2.45, 2.75) is 32.1 Å². The van der Waals surface area contributed by atoms with Crippen molar-refractivity contribution in [1.29, 1.82) is 0 Å². The second-order valence-electron chi connectivity index (χ2n) is 8.18. The minimum absolute atomic E-state index is 0.761. The molecule has 0 N–H and O–H groups in total. The molecule has 0 amide bonds. The lowest BCUT2D eigenvalue weighted by molar-refractivity contribution is 0.401. The van der Waals surface area contributed by atoms with Gasteiger partial charge in [-0.1, -0.05) is 42.5 Å². The van der Waals surface area contributed by atoms with Crippen LogP contribution < -0.4 is 9.80 Å². The van der Waals surface area contributed by atoms with Gasteiger partial charge in [-0.3, -0.25) is 0 Å². The highest BCUT2D eigenvalue weighted by Gasteiger charge is 2.24. The number of rotatable bonds is 4. The molecule has 28 heavy (non-hydrogen) atoms. The molecule has 0 atom stereocenters. The van der Waals surface area contributed by atoms with E-state index in [0.717, 1.165) is 49.4 Å². The molecule has 5 rings (SSSR count). The van der Waals surface area contributed by atoms with Gasteiger partial charge >= 0.3 is 0 Å². The number of nitrogens with zero attached hydrogens (tertiary/aromatic N) is 4. The highest BCUT2D eigenvalue weighted by Crippen LogP contribution is 2.31. The van der Waals surface area contributed by atoms with Crippen LogP contribution in [0.15, 0.2) is 54.6 Å². The highest BCUT2D eigenvalue weighted by atomic mass is 15.3. The SMILES string of the molecule is c1ccc(CC2CCN(c3nc(N4CCCC4)c4ccccc4n3)CC2)cc1. The molecule has 3 aromatic rings. The number of hydrogen-bond acceptors (Lipinski definition) is 4. The number of para-hydroxylation sites is 1. The van der Waals surface area contributed by atoms with Gasteiger partial charge in [0.1, 0.15) is 5.82 Å². The molecular weight excluding hydrogens is 344 g/mol. The molecule has 2 aliphatic rings. The van der Waals surface area contributed by atoms with Gasteiger partial charge in [0.15, 0.2) is 0 Å². The smallest absolute Gasteiger partial charge is 0.227 e. The molecule has 2 saturated heterocycles. The topological polar surface area (TPSA) is 32.3 Å². The Morgan fingerprint density at radius 2 is 1.46 bits per heavy atom. The van der Waals surface area contributed by atoms with E-state index >= 15 is 0 Å². The Bertz CT molecular complexity index is 926. The van der Waals surface area contributed by atoms with Gasteiger partial charge in [-0.15, -0.1) is 0 Å². The Hall–Kier alpha value is -2.62. The maximum atomic E-state index is 5.06. The fraction of sp³-hybridized carbons (Fsp3) is 0.417. The van der Waals surface area contributed by atoms with E-state index in [2.05, 4.69) is 64.4 Å². The van der Waals surface area contributed by atoms with Crippen molar-refractivity contribution in [1.82, 2.24) is 9.97 Å². The molecule has 0 bridgehead atoms. The molecule has 2 fully saturated rings. The standard InChI is InChI=1S/C24H28N4/c1-2-8-19(9-3-1)18-20-12-16-28(17-13-20)24-25-22-11-5-4-10-21(22)23(26-24)27-14-6-7-15-27/h1-5,8-11,20H,6-7,12-18H2. The highest BCUT2D eigenvalue weighted by molar-refractivity contribution is 5.90. The summed E-state index contributed by atoms with van der Waals surface area (Å²) in [5.74, 6) is 2.81. The Morgan fingerprint density at radius 3 is 2.25 bits per heavy atom. The first-order valence-electron chi connectivity index (χ1n) is 10.7. The van der Waals surface area contributed by atoms with Crippen LogP contribution in [-0.4, -0.2) is 36.1 Å². The zero-order chi connectivity index (χ0) is 18.8. The molecule has 2 aliphatic heterocycles. The van der Waals surface area contributed by atoms with Crippen LogP contribution in [0.4, 0.5) is 11.8 Å². The van der Waals surface area contributed by atoms with E-state index < -0.39 is 0 Å². The molecule has 0 unspecified atom stereocenters. The number of anilines is 2. The molecule has 1 aromatic heterocycles. The summed E-state index contributed by atoms with van der Waals surface area (Å²) < 4.78 is 0. The monoisotopic (exact) mass is 372 g/mol. The molecule has 0 aliphatic carbocycles. The van der Waals surface area contributed by atoms with Crippen LogP contribution in [0.3, 0.4) is 0 Å². The molecule has 144 valence electrons. The predicted molar refractivity (Wildman–Crippen MR) is 116 cm³/mol. The van der Waals surface area contributed by atoms with Crippen LogP contribution in [0.5, 0.6) is 0 Å². The number of benzene rings is 2. The van der Waals surface area contributed by atoms with Crippen LogP contribution in [0, 0.1) is 5.92 Å². The van der Waals surface area contributed by atoms with Gasteiger partial charge in [-0.25, -0.2) is 4.98 Å². The van der Waals surface area contributed by atoms with Gasteiger partial charge in [0, 0.05) is 31.6 Å². The summed E-state index contributed by atoms with van der Waals surface area (Å²) in [6.45, 7) is 4.32. The Labute approximate surface area is 167 Å². The van der Waals surface area contributed by atoms with Crippen LogP contribution >= 0.6 is 0 Å². The van der Waals surface area contributed by atoms with Crippen LogP contribution in [0.2, 0.25) is 0 Å². The minimum atomic E-state index is 0.761. The van der Waals surface area contributed by atoms with Crippen molar-refractivity contribution in [3.63, 3.8) is 0 Å². The van der Waals surface area contributed by atoms with Crippen molar-refractivity contribution >= 4 is 22.7 Å². The van der Waals surface area contributed by atoms with Crippen molar-refractivity contribution in [2.75, 3.05) is 36.0 Å². The van der Waals surface area contributed by atoms with Gasteiger partial charge in [0.05, 0.1) is 5.52 Å². The van der Waals surface area contributed by atoms with Gasteiger partial charge in [-0.05, 0) is 55.7 Å². The fourth-order valence-electron chi connectivity index (χ4n) is 4.64. The fourth-order valence-corrected chi connectivity index (χ4v) is 4.64. The maximum Gasteiger partial charge on any atom is 0.227 e. The first-order valence-corrected chi connectivity index (χ1v) is 10.7. The largest absolute Gasteiger partial charge is 0.356 e. The van der Waals surface area contributed by atoms with Crippen LogP contribution in [0.25, 0.3) is 10.9 Å². The van der Waals surface area contributed by atoms with E-state index in [9.17, 15) is 0 Å². The Kier molecular flexibility index (Phi) is 4.86. The normalized spacial score (nSPS) is 18.1. The quantitative estimate of drug-likeness (QED) is 0.665. The van der Waals surface area contributed by atoms with Crippen molar-refractivity contribution in [3.05, 3.63) is 60.2 Å². The van der Waals surface area contributed by atoms with Crippen molar-refractivity contribution in [3.8, 4) is 0 Å². The molecular formula is C24H28N4. The molecule has 0 radical (unpaired) electrons. The summed E-state index contributed by atoms with van der Waals surface area (Å²) >= 11 is 0. The number of fused-ring (bicyclic) bond motifs is 1. The average molecular weight is 373 g/mol. The lowest BCUT2D eigenvalue weighted by Gasteiger charge is -2.33. The summed E-state index contributed by atoms with van der Waals surface area (Å²) in [5.41, 5.74) is 2.53. The van der Waals surface area contributed by atoms with E-state index in [1.165, 1.54) is 43.1 Å². The second kappa shape index (κ2) is 7.78. The van der Waals surface area contributed by atoms with Gasteiger partial charge in [0.2, 0.25) is 5.95 Å². The first kappa shape index (κ1) is 17.5. The molecule has 3 heterocycles. The lowest BCUT2D eigenvalue weighted by atomic mass is 9.90. The summed E-state index contributed by atoms with van der Waals surface area (Å²) in [4.78, 5) is 14.8. The van der Waals surface area contributed by atoms with Gasteiger partial charge < -0.3 is 9.80 Å². The van der Waals surface area contributed by atoms with E-state index in [-0.39, 0.29) is 0 Å². The zero-order valence-corrected chi connectivity index (χ0v) is 16.4. The van der Waals surface area contributed by atoms with Crippen molar-refractivity contribution in [2.24, 2.45) is 5.92 Å². The summed E-state index contributed by atoms with van der Waals surface area (Å²) in [6, 6.07) is 19.4. The molecule has 0 spiro atoms. The third kappa shape index (κ3) is 3.56. The van der Waals surface area contributed by atoms with Crippen molar-refractivity contribution < 1.29 is 0 Å². The van der Waals surface area contributed by atoms with Gasteiger partial charge in [-0.2, -0.15) is 4.98 Å². The maximum absolute atomic E-state index is 5.06. The summed E-state index contributed by atoms with van der Waals surface area (Å²) in [7, 11) is 0. The number of piperidine rings is 1. The third-order valence-corrected chi connectivity index (χ3v) is 6.24. The molecule has 0 saturated carbocycles.